The Morgan fingerprint density at radius 3 is 2.76 bits per heavy atom. The predicted octanol–water partition coefficient (Wildman–Crippen LogP) is 3.37. The van der Waals surface area contributed by atoms with Gasteiger partial charge in [-0.3, -0.25) is 0 Å². The molecule has 1 saturated heterocycles. The first kappa shape index (κ1) is 18.6. The first-order valence-corrected chi connectivity index (χ1v) is 9.49. The van der Waals surface area contributed by atoms with Crippen molar-refractivity contribution in [1.29, 1.82) is 0 Å². The maximum atomic E-state index is 12.0. The number of hydrogen-bond donors (Lipinski definition) is 1. The van der Waals surface area contributed by atoms with E-state index in [-0.39, 0.29) is 6.09 Å². The Bertz CT molecular complexity index is 305. The number of unbranched alkanes of at least 4 members (excludes halogenated alkanes) is 1. The second kappa shape index (κ2) is 9.57. The first-order valence-electron chi connectivity index (χ1n) is 8.10. The van der Waals surface area contributed by atoms with Crippen LogP contribution in [-0.4, -0.2) is 54.8 Å². The number of rotatable bonds is 8. The number of nitrogens with one attached hydrogen (secondary N) is 1. The van der Waals surface area contributed by atoms with Crippen LogP contribution in [-0.2, 0) is 4.74 Å². The molecule has 0 saturated carbocycles. The van der Waals surface area contributed by atoms with E-state index in [2.05, 4.69) is 11.6 Å². The van der Waals surface area contributed by atoms with Crippen LogP contribution in [0.5, 0.6) is 0 Å². The summed E-state index contributed by atoms with van der Waals surface area (Å²) in [7, 11) is 0. The van der Waals surface area contributed by atoms with E-state index >= 15 is 0 Å². The topological polar surface area (TPSA) is 41.6 Å². The van der Waals surface area contributed by atoms with Crippen LogP contribution >= 0.6 is 11.8 Å². The monoisotopic (exact) mass is 316 g/mol. The van der Waals surface area contributed by atoms with Gasteiger partial charge in [0.05, 0.1) is 0 Å². The molecule has 1 heterocycles. The Kier molecular flexibility index (Phi) is 8.49. The molecule has 0 aromatic carbocycles. The van der Waals surface area contributed by atoms with Crippen LogP contribution in [0, 0.1) is 5.92 Å². The summed E-state index contributed by atoms with van der Waals surface area (Å²) in [6, 6.07) is 0. The molecule has 1 atom stereocenters. The van der Waals surface area contributed by atoms with Gasteiger partial charge in [0.1, 0.15) is 5.60 Å². The molecule has 0 aromatic heterocycles. The van der Waals surface area contributed by atoms with Crippen LogP contribution in [0.3, 0.4) is 0 Å². The van der Waals surface area contributed by atoms with Gasteiger partial charge in [-0.1, -0.05) is 0 Å². The van der Waals surface area contributed by atoms with Crippen molar-refractivity contribution in [3.63, 3.8) is 0 Å². The fraction of sp³-hybridized carbons (Fsp3) is 0.938. The Morgan fingerprint density at radius 2 is 2.10 bits per heavy atom. The largest absolute Gasteiger partial charge is 0.444 e. The molecule has 5 heteroatoms. The lowest BCUT2D eigenvalue weighted by molar-refractivity contribution is 0.0287. The molecule has 1 aliphatic rings. The second-order valence-electron chi connectivity index (χ2n) is 6.82. The lowest BCUT2D eigenvalue weighted by Crippen LogP contribution is -2.35. The number of thioether (sulfide) groups is 1. The summed E-state index contributed by atoms with van der Waals surface area (Å²) in [4.78, 5) is 13.8. The van der Waals surface area contributed by atoms with E-state index in [0.29, 0.717) is 5.92 Å². The molecule has 0 bridgehead atoms. The number of hydrogen-bond acceptors (Lipinski definition) is 4. The molecule has 124 valence electrons. The van der Waals surface area contributed by atoms with E-state index in [1.54, 1.807) is 0 Å². The minimum absolute atomic E-state index is 0.157. The van der Waals surface area contributed by atoms with Crippen LogP contribution in [0.15, 0.2) is 0 Å². The summed E-state index contributed by atoms with van der Waals surface area (Å²) >= 11 is 1.92. The predicted molar refractivity (Wildman–Crippen MR) is 91.0 cm³/mol. The molecule has 1 fully saturated rings. The molecule has 0 spiro atoms. The summed E-state index contributed by atoms with van der Waals surface area (Å²) in [5, 5.41) is 3.51. The summed E-state index contributed by atoms with van der Waals surface area (Å²) in [5.41, 5.74) is -0.395. The molecule has 4 nitrogen and oxygen atoms in total. The molecule has 1 unspecified atom stereocenters. The zero-order valence-corrected chi connectivity index (χ0v) is 14.9. The van der Waals surface area contributed by atoms with Gasteiger partial charge >= 0.3 is 6.09 Å². The molecular formula is C16H32N2O2S. The molecule has 0 aromatic rings. The van der Waals surface area contributed by atoms with Crippen molar-refractivity contribution in [3.8, 4) is 0 Å². The van der Waals surface area contributed by atoms with Gasteiger partial charge in [-0.15, -0.1) is 0 Å². The number of carbonyl (C=O) groups excluding carboxylic acids is 1. The maximum Gasteiger partial charge on any atom is 0.410 e. The zero-order valence-electron chi connectivity index (χ0n) is 14.1. The average molecular weight is 317 g/mol. The zero-order chi connectivity index (χ0) is 15.7. The van der Waals surface area contributed by atoms with Gasteiger partial charge in [0, 0.05) is 13.1 Å². The van der Waals surface area contributed by atoms with Crippen molar-refractivity contribution in [2.75, 3.05) is 38.2 Å². The molecule has 0 aliphatic carbocycles. The van der Waals surface area contributed by atoms with Crippen LogP contribution in [0.1, 0.15) is 46.5 Å². The number of ether oxygens (including phenoxy) is 1. The number of amides is 1. The van der Waals surface area contributed by atoms with Gasteiger partial charge in [0.15, 0.2) is 0 Å². The summed E-state index contributed by atoms with van der Waals surface area (Å²) < 4.78 is 5.42. The van der Waals surface area contributed by atoms with Crippen molar-refractivity contribution in [2.24, 2.45) is 5.92 Å². The highest BCUT2D eigenvalue weighted by Gasteiger charge is 2.29. The molecule has 1 rings (SSSR count). The Labute approximate surface area is 134 Å². The lowest BCUT2D eigenvalue weighted by Gasteiger charge is -2.24. The van der Waals surface area contributed by atoms with E-state index < -0.39 is 5.60 Å². The maximum absolute atomic E-state index is 12.0. The number of likely N-dealkylation sites (tertiary alicyclic amines) is 1. The third-order valence-electron chi connectivity index (χ3n) is 3.62. The van der Waals surface area contributed by atoms with Crippen molar-refractivity contribution in [1.82, 2.24) is 10.2 Å². The van der Waals surface area contributed by atoms with Crippen LogP contribution in [0.25, 0.3) is 0 Å². The Morgan fingerprint density at radius 1 is 1.33 bits per heavy atom. The van der Waals surface area contributed by atoms with Gasteiger partial charge in [-0.05, 0) is 77.5 Å². The Balaban J connectivity index is 2.08. The summed E-state index contributed by atoms with van der Waals surface area (Å²) in [5.74, 6) is 1.88. The SMILES string of the molecule is CSCCCCNCCC1CCN(C(=O)OC(C)(C)C)C1. The van der Waals surface area contributed by atoms with Gasteiger partial charge in [0.25, 0.3) is 0 Å². The first-order chi connectivity index (χ1) is 9.92. The highest BCUT2D eigenvalue weighted by molar-refractivity contribution is 7.98. The number of nitrogens with zero attached hydrogens (tertiary/aromatic N) is 1. The molecular weight excluding hydrogens is 284 g/mol. The third-order valence-corrected chi connectivity index (χ3v) is 4.32. The minimum atomic E-state index is -0.395. The van der Waals surface area contributed by atoms with Gasteiger partial charge < -0.3 is 15.0 Å². The normalized spacial score (nSPS) is 19.0. The van der Waals surface area contributed by atoms with Crippen LogP contribution < -0.4 is 5.32 Å². The van der Waals surface area contributed by atoms with Crippen molar-refractivity contribution in [2.45, 2.75) is 52.1 Å². The van der Waals surface area contributed by atoms with Crippen molar-refractivity contribution in [3.05, 3.63) is 0 Å². The molecule has 1 N–H and O–H groups in total. The van der Waals surface area contributed by atoms with E-state index in [9.17, 15) is 4.79 Å². The average Bonchev–Trinajstić information content (AvgIpc) is 2.84. The molecule has 1 aliphatic heterocycles. The minimum Gasteiger partial charge on any atom is -0.444 e. The third kappa shape index (κ3) is 8.57. The summed E-state index contributed by atoms with van der Waals surface area (Å²) in [6.45, 7) is 9.61. The standard InChI is InChI=1S/C16H32N2O2S/c1-16(2,3)20-15(19)18-11-8-14(13-18)7-10-17-9-5-6-12-21-4/h14,17H,5-13H2,1-4H3. The highest BCUT2D eigenvalue weighted by atomic mass is 32.2. The quantitative estimate of drug-likeness (QED) is 0.697. The van der Waals surface area contributed by atoms with Crippen LogP contribution in [0.2, 0.25) is 0 Å². The molecule has 1 amide bonds. The van der Waals surface area contributed by atoms with E-state index in [0.717, 1.165) is 39.0 Å². The Hall–Kier alpha value is -0.420. The van der Waals surface area contributed by atoms with Gasteiger partial charge in [-0.2, -0.15) is 11.8 Å². The van der Waals surface area contributed by atoms with Gasteiger partial charge in [-0.25, -0.2) is 4.79 Å². The van der Waals surface area contributed by atoms with E-state index in [1.807, 2.05) is 37.4 Å². The summed E-state index contributed by atoms with van der Waals surface area (Å²) in [6.07, 6.45) is 6.81. The second-order valence-corrected chi connectivity index (χ2v) is 7.81. The fourth-order valence-electron chi connectivity index (χ4n) is 2.49. The van der Waals surface area contributed by atoms with E-state index in [1.165, 1.54) is 18.6 Å². The van der Waals surface area contributed by atoms with Crippen molar-refractivity contribution >= 4 is 17.9 Å². The van der Waals surface area contributed by atoms with E-state index in [4.69, 9.17) is 4.74 Å². The van der Waals surface area contributed by atoms with Gasteiger partial charge in [0.2, 0.25) is 0 Å². The van der Waals surface area contributed by atoms with Crippen molar-refractivity contribution < 1.29 is 9.53 Å². The lowest BCUT2D eigenvalue weighted by atomic mass is 10.1. The highest BCUT2D eigenvalue weighted by Crippen LogP contribution is 2.21. The van der Waals surface area contributed by atoms with Crippen LogP contribution in [0.4, 0.5) is 4.79 Å². The fourth-order valence-corrected chi connectivity index (χ4v) is 2.98. The molecule has 21 heavy (non-hydrogen) atoms. The molecule has 0 radical (unpaired) electrons. The smallest absolute Gasteiger partial charge is 0.410 e. The number of carbonyl (C=O) groups is 1.